The number of para-hydroxylation sites is 2. The van der Waals surface area contributed by atoms with Crippen LogP contribution in [0.3, 0.4) is 0 Å². The van der Waals surface area contributed by atoms with Crippen molar-refractivity contribution in [3.8, 4) is 11.5 Å². The Balaban J connectivity index is 1.43. The summed E-state index contributed by atoms with van der Waals surface area (Å²) in [5, 5.41) is 16.0. The first-order chi connectivity index (χ1) is 17.4. The van der Waals surface area contributed by atoms with Crippen molar-refractivity contribution >= 4 is 23.4 Å². The molecular formula is C28H25N3O5. The summed E-state index contributed by atoms with van der Waals surface area (Å²) in [6, 6.07) is 20.9. The molecule has 0 aromatic heterocycles. The zero-order valence-electron chi connectivity index (χ0n) is 19.6. The number of carbonyl (C=O) groups is 3. The maximum absolute atomic E-state index is 14.0. The number of amides is 3. The Labute approximate surface area is 207 Å². The lowest BCUT2D eigenvalue weighted by molar-refractivity contribution is -0.143. The topological polar surface area (TPSA) is 108 Å². The molecule has 2 saturated heterocycles. The molecule has 6 rings (SSSR count). The van der Waals surface area contributed by atoms with E-state index in [9.17, 15) is 19.5 Å². The summed E-state index contributed by atoms with van der Waals surface area (Å²) in [6.07, 6.45) is 0.417. The molecule has 3 aliphatic rings. The fourth-order valence-electron chi connectivity index (χ4n) is 6.04. The van der Waals surface area contributed by atoms with Crippen LogP contribution < -0.4 is 15.4 Å². The van der Waals surface area contributed by atoms with Crippen molar-refractivity contribution in [3.05, 3.63) is 89.5 Å². The normalized spacial score (nSPS) is 26.3. The molecule has 2 fully saturated rings. The minimum absolute atomic E-state index is 0.0694. The highest BCUT2D eigenvalue weighted by Crippen LogP contribution is 2.53. The number of phenolic OH excluding ortho intramolecular Hbond substituents is 1. The Morgan fingerprint density at radius 2 is 1.67 bits per heavy atom. The third kappa shape index (κ3) is 3.14. The van der Waals surface area contributed by atoms with Crippen molar-refractivity contribution in [2.75, 3.05) is 12.4 Å². The number of carbonyl (C=O) groups excluding carboxylic acids is 3. The number of anilines is 1. The molecule has 4 unspecified atom stereocenters. The van der Waals surface area contributed by atoms with Crippen LogP contribution in [-0.4, -0.2) is 40.9 Å². The van der Waals surface area contributed by atoms with Gasteiger partial charge < -0.3 is 15.2 Å². The smallest absolute Gasteiger partial charge is 0.250 e. The Bertz CT molecular complexity index is 1390. The summed E-state index contributed by atoms with van der Waals surface area (Å²) in [7, 11) is 1.55. The lowest BCUT2D eigenvalue weighted by Crippen LogP contribution is -2.53. The highest BCUT2D eigenvalue weighted by molar-refractivity contribution is 6.15. The van der Waals surface area contributed by atoms with Gasteiger partial charge in [0, 0.05) is 22.9 Å². The maximum Gasteiger partial charge on any atom is 0.250 e. The molecule has 3 amide bonds. The van der Waals surface area contributed by atoms with E-state index in [1.807, 2.05) is 36.4 Å². The van der Waals surface area contributed by atoms with Crippen LogP contribution in [0.25, 0.3) is 0 Å². The van der Waals surface area contributed by atoms with Gasteiger partial charge in [0.05, 0.1) is 25.5 Å². The second kappa shape index (κ2) is 8.20. The second-order valence-electron chi connectivity index (χ2n) is 9.51. The highest BCUT2D eigenvalue weighted by Gasteiger charge is 2.70. The largest absolute Gasteiger partial charge is 0.508 e. The summed E-state index contributed by atoms with van der Waals surface area (Å²) < 4.78 is 5.44. The number of methoxy groups -OCH3 is 1. The van der Waals surface area contributed by atoms with Gasteiger partial charge in [-0.25, -0.2) is 0 Å². The van der Waals surface area contributed by atoms with Gasteiger partial charge in [-0.2, -0.15) is 0 Å². The number of aromatic hydroxyl groups is 1. The van der Waals surface area contributed by atoms with Crippen LogP contribution in [-0.2, 0) is 32.9 Å². The summed E-state index contributed by atoms with van der Waals surface area (Å²) in [4.78, 5) is 42.7. The zero-order valence-corrected chi connectivity index (χ0v) is 19.6. The number of ether oxygens (including phenoxy) is 1. The summed E-state index contributed by atoms with van der Waals surface area (Å²) in [5.41, 5.74) is 1.58. The van der Waals surface area contributed by atoms with Crippen LogP contribution in [0.15, 0.2) is 72.8 Å². The van der Waals surface area contributed by atoms with Crippen LogP contribution >= 0.6 is 0 Å². The van der Waals surface area contributed by atoms with Crippen LogP contribution in [0.4, 0.5) is 5.69 Å². The first-order valence-electron chi connectivity index (χ1n) is 11.9. The number of fused-ring (bicyclic) bond motifs is 4. The molecule has 0 aliphatic carbocycles. The lowest BCUT2D eigenvalue weighted by atomic mass is 9.76. The van der Waals surface area contributed by atoms with Crippen molar-refractivity contribution in [2.24, 2.45) is 11.8 Å². The number of benzene rings is 3. The van der Waals surface area contributed by atoms with Crippen LogP contribution in [0.5, 0.6) is 11.5 Å². The van der Waals surface area contributed by atoms with Gasteiger partial charge in [-0.05, 0) is 36.2 Å². The van der Waals surface area contributed by atoms with E-state index in [0.717, 1.165) is 11.1 Å². The Hall–Kier alpha value is -4.17. The van der Waals surface area contributed by atoms with Gasteiger partial charge in [-0.1, -0.05) is 48.5 Å². The third-order valence-corrected chi connectivity index (χ3v) is 7.63. The molecular weight excluding hydrogens is 458 g/mol. The average Bonchev–Trinajstić information content (AvgIpc) is 3.46. The molecule has 0 bridgehead atoms. The van der Waals surface area contributed by atoms with E-state index in [1.165, 1.54) is 4.90 Å². The van der Waals surface area contributed by atoms with E-state index < -0.39 is 23.4 Å². The van der Waals surface area contributed by atoms with E-state index in [4.69, 9.17) is 4.74 Å². The standard InChI is InChI=1S/C28H25N3O5/c1-36-22-9-5-2-6-17(22)15-31-25(33)23-21(14-16-10-12-18(32)13-11-16)30-28(24(23)26(31)34)19-7-3-4-8-20(19)29-27(28)35/h2-13,21,23-24,30,32H,14-15H2,1H3,(H,29,35). The van der Waals surface area contributed by atoms with Gasteiger partial charge in [0.1, 0.15) is 17.0 Å². The predicted octanol–water partition coefficient (Wildman–Crippen LogP) is 2.56. The quantitative estimate of drug-likeness (QED) is 0.482. The van der Waals surface area contributed by atoms with Crippen LogP contribution in [0, 0.1) is 11.8 Å². The number of nitrogens with one attached hydrogen (secondary N) is 2. The van der Waals surface area contributed by atoms with Crippen molar-refractivity contribution in [1.82, 2.24) is 10.2 Å². The number of rotatable bonds is 5. The zero-order chi connectivity index (χ0) is 25.0. The molecule has 3 N–H and O–H groups in total. The molecule has 182 valence electrons. The fourth-order valence-corrected chi connectivity index (χ4v) is 6.04. The first kappa shape index (κ1) is 22.3. The van der Waals surface area contributed by atoms with E-state index >= 15 is 0 Å². The molecule has 3 heterocycles. The molecule has 8 nitrogen and oxygen atoms in total. The second-order valence-corrected chi connectivity index (χ2v) is 9.51. The molecule has 8 heteroatoms. The summed E-state index contributed by atoms with van der Waals surface area (Å²) in [5.74, 6) is -1.88. The average molecular weight is 484 g/mol. The molecule has 4 atom stereocenters. The molecule has 3 aromatic rings. The Morgan fingerprint density at radius 1 is 0.944 bits per heavy atom. The SMILES string of the molecule is COc1ccccc1CN1C(=O)C2C(Cc3ccc(O)cc3)NC3(C(=O)Nc4ccccc43)C2C1=O. The van der Waals surface area contributed by atoms with Gasteiger partial charge in [-0.3, -0.25) is 24.6 Å². The molecule has 0 saturated carbocycles. The van der Waals surface area contributed by atoms with Crippen molar-refractivity contribution in [3.63, 3.8) is 0 Å². The van der Waals surface area contributed by atoms with Gasteiger partial charge in [0.2, 0.25) is 17.7 Å². The van der Waals surface area contributed by atoms with Crippen molar-refractivity contribution < 1.29 is 24.2 Å². The number of imide groups is 1. The van der Waals surface area contributed by atoms with E-state index in [2.05, 4.69) is 10.6 Å². The number of phenols is 1. The van der Waals surface area contributed by atoms with Gasteiger partial charge in [-0.15, -0.1) is 0 Å². The molecule has 36 heavy (non-hydrogen) atoms. The minimum Gasteiger partial charge on any atom is -0.508 e. The summed E-state index contributed by atoms with van der Waals surface area (Å²) >= 11 is 0. The number of nitrogens with zero attached hydrogens (tertiary/aromatic N) is 1. The number of hydrogen-bond acceptors (Lipinski definition) is 6. The van der Waals surface area contributed by atoms with Crippen LogP contribution in [0.1, 0.15) is 16.7 Å². The number of hydrogen-bond donors (Lipinski definition) is 3. The lowest BCUT2D eigenvalue weighted by Gasteiger charge is -2.29. The Morgan fingerprint density at radius 3 is 2.44 bits per heavy atom. The maximum atomic E-state index is 14.0. The van der Waals surface area contributed by atoms with Gasteiger partial charge >= 0.3 is 0 Å². The van der Waals surface area contributed by atoms with Crippen molar-refractivity contribution in [1.29, 1.82) is 0 Å². The van der Waals surface area contributed by atoms with Crippen LogP contribution in [0.2, 0.25) is 0 Å². The monoisotopic (exact) mass is 483 g/mol. The summed E-state index contributed by atoms with van der Waals surface area (Å²) in [6.45, 7) is 0.0694. The molecule has 3 aromatic carbocycles. The molecule has 1 spiro atoms. The van der Waals surface area contributed by atoms with Crippen molar-refractivity contribution in [2.45, 2.75) is 24.5 Å². The molecule has 3 aliphatic heterocycles. The van der Waals surface area contributed by atoms with E-state index in [0.29, 0.717) is 23.4 Å². The van der Waals surface area contributed by atoms with Gasteiger partial charge in [0.15, 0.2) is 0 Å². The van der Waals surface area contributed by atoms with E-state index in [-0.39, 0.29) is 30.0 Å². The highest BCUT2D eigenvalue weighted by atomic mass is 16.5. The predicted molar refractivity (Wildman–Crippen MR) is 131 cm³/mol. The third-order valence-electron chi connectivity index (χ3n) is 7.63. The fraction of sp³-hybridized carbons (Fsp3) is 0.250. The minimum atomic E-state index is -1.34. The Kier molecular flexibility index (Phi) is 5.08. The van der Waals surface area contributed by atoms with E-state index in [1.54, 1.807) is 43.5 Å². The first-order valence-corrected chi connectivity index (χ1v) is 11.9. The number of likely N-dealkylation sites (tertiary alicyclic amines) is 1. The molecule has 0 radical (unpaired) electrons. The van der Waals surface area contributed by atoms with Gasteiger partial charge in [0.25, 0.3) is 0 Å².